The molecule has 25 heavy (non-hydrogen) atoms. The molecule has 1 unspecified atom stereocenters. The second-order valence-electron chi connectivity index (χ2n) is 5.15. The van der Waals surface area contributed by atoms with Crippen LogP contribution in [-0.4, -0.2) is 42.1 Å². The van der Waals surface area contributed by atoms with Crippen LogP contribution in [0, 0.1) is 5.82 Å². The highest BCUT2D eigenvalue weighted by atomic mass is 35.5. The Hall–Kier alpha value is -1.84. The molecule has 2 rings (SSSR count). The van der Waals surface area contributed by atoms with Crippen molar-refractivity contribution in [1.82, 2.24) is 10.2 Å². The fourth-order valence-corrected chi connectivity index (χ4v) is 3.41. The Labute approximate surface area is 152 Å². The van der Waals surface area contributed by atoms with Gasteiger partial charge in [0.15, 0.2) is 21.0 Å². The van der Waals surface area contributed by atoms with Crippen LogP contribution in [0.5, 0.6) is 5.75 Å². The molecule has 0 spiro atoms. The van der Waals surface area contributed by atoms with Gasteiger partial charge in [-0.05, 0) is 19.1 Å². The molecule has 0 aliphatic rings. The summed E-state index contributed by atoms with van der Waals surface area (Å²) in [6.45, 7) is 1.28. The lowest BCUT2D eigenvalue weighted by atomic mass is 10.1. The number of nitrogens with one attached hydrogen (secondary N) is 1. The van der Waals surface area contributed by atoms with Gasteiger partial charge in [0.2, 0.25) is 0 Å². The molecule has 0 radical (unpaired) electrons. The minimum atomic E-state index is -3.65. The third kappa shape index (κ3) is 4.05. The van der Waals surface area contributed by atoms with Crippen LogP contribution >= 0.6 is 23.2 Å². The van der Waals surface area contributed by atoms with E-state index >= 15 is 0 Å². The molecule has 11 heteroatoms. The van der Waals surface area contributed by atoms with E-state index in [1.807, 2.05) is 0 Å². The van der Waals surface area contributed by atoms with Gasteiger partial charge in [0, 0.05) is 17.4 Å². The monoisotopic (exact) mass is 410 g/mol. The number of carboxylic acids is 1. The number of carbonyl (C=O) groups is 1. The summed E-state index contributed by atoms with van der Waals surface area (Å²) in [6, 6.07) is 2.07. The van der Waals surface area contributed by atoms with Crippen molar-refractivity contribution in [2.24, 2.45) is 0 Å². The molecule has 1 atom stereocenters. The Morgan fingerprint density at radius 2 is 2.12 bits per heavy atom. The smallest absolute Gasteiger partial charge is 0.344 e. The second kappa shape index (κ2) is 7.19. The van der Waals surface area contributed by atoms with Gasteiger partial charge in [0.1, 0.15) is 17.3 Å². The van der Waals surface area contributed by atoms with Crippen molar-refractivity contribution in [1.29, 1.82) is 0 Å². The first-order valence-corrected chi connectivity index (χ1v) is 9.58. The predicted molar refractivity (Wildman–Crippen MR) is 89.4 cm³/mol. The maximum atomic E-state index is 14.3. The number of H-pyrrole nitrogens is 1. The highest BCUT2D eigenvalue weighted by Crippen LogP contribution is 2.36. The zero-order chi connectivity index (χ0) is 18.9. The molecule has 0 aliphatic carbocycles. The third-order valence-corrected chi connectivity index (χ3v) is 4.90. The number of halogens is 3. The van der Waals surface area contributed by atoms with Gasteiger partial charge in [0.25, 0.3) is 0 Å². The van der Waals surface area contributed by atoms with E-state index in [1.54, 1.807) is 0 Å². The van der Waals surface area contributed by atoms with Crippen LogP contribution < -0.4 is 4.74 Å². The number of hydrogen-bond acceptors (Lipinski definition) is 5. The molecular formula is C14H13Cl2FN2O5S. The second-order valence-corrected chi connectivity index (χ2v) is 7.77. The summed E-state index contributed by atoms with van der Waals surface area (Å²) in [5, 5.41) is 14.7. The molecule has 136 valence electrons. The third-order valence-electron chi connectivity index (χ3n) is 3.26. The topological polar surface area (TPSA) is 109 Å². The van der Waals surface area contributed by atoms with Crippen LogP contribution in [-0.2, 0) is 20.5 Å². The lowest BCUT2D eigenvalue weighted by Crippen LogP contribution is -2.23. The highest BCUT2D eigenvalue weighted by molar-refractivity contribution is 7.90. The van der Waals surface area contributed by atoms with Gasteiger partial charge in [-0.25, -0.2) is 17.6 Å². The van der Waals surface area contributed by atoms with Crippen LogP contribution in [0.25, 0.3) is 11.3 Å². The lowest BCUT2D eigenvalue weighted by molar-refractivity contribution is -0.144. The van der Waals surface area contributed by atoms with Crippen molar-refractivity contribution in [2.75, 3.05) is 6.26 Å². The Kier molecular flexibility index (Phi) is 5.60. The number of ether oxygens (including phenoxy) is 1. The molecule has 0 saturated carbocycles. The van der Waals surface area contributed by atoms with E-state index in [9.17, 15) is 17.6 Å². The van der Waals surface area contributed by atoms with E-state index < -0.39 is 27.7 Å². The van der Waals surface area contributed by atoms with E-state index in [2.05, 4.69) is 10.2 Å². The average molecular weight is 411 g/mol. The first kappa shape index (κ1) is 19.5. The van der Waals surface area contributed by atoms with Gasteiger partial charge < -0.3 is 9.84 Å². The van der Waals surface area contributed by atoms with Crippen LogP contribution in [0.3, 0.4) is 0 Å². The number of benzene rings is 1. The molecule has 1 aromatic heterocycles. The summed E-state index contributed by atoms with van der Waals surface area (Å²) in [5.41, 5.74) is -0.0705. The Morgan fingerprint density at radius 3 is 2.64 bits per heavy atom. The van der Waals surface area contributed by atoms with E-state index in [4.69, 9.17) is 33.0 Å². The number of alkyl halides is 1. The van der Waals surface area contributed by atoms with Crippen LogP contribution in [0.1, 0.15) is 12.5 Å². The molecule has 0 amide bonds. The summed E-state index contributed by atoms with van der Waals surface area (Å²) in [6.07, 6.45) is -0.268. The van der Waals surface area contributed by atoms with E-state index in [0.29, 0.717) is 0 Å². The SMILES string of the molecule is CC(Oc1cc(-c2n[nH]c(S(C)(=O)=O)c2CCl)c(F)cc1Cl)C(=O)O. The summed E-state index contributed by atoms with van der Waals surface area (Å²) >= 11 is 11.7. The van der Waals surface area contributed by atoms with Gasteiger partial charge in [-0.3, -0.25) is 5.10 Å². The molecule has 2 N–H and O–H groups in total. The van der Waals surface area contributed by atoms with Crippen molar-refractivity contribution < 1.29 is 27.4 Å². The van der Waals surface area contributed by atoms with E-state index in [0.717, 1.165) is 18.4 Å². The summed E-state index contributed by atoms with van der Waals surface area (Å²) in [4.78, 5) is 10.9. The summed E-state index contributed by atoms with van der Waals surface area (Å²) in [5.74, 6) is -2.35. The van der Waals surface area contributed by atoms with Gasteiger partial charge in [-0.2, -0.15) is 5.10 Å². The van der Waals surface area contributed by atoms with Gasteiger partial charge >= 0.3 is 5.97 Å². The number of aromatic nitrogens is 2. The van der Waals surface area contributed by atoms with Crippen molar-refractivity contribution in [3.05, 3.63) is 28.5 Å². The minimum Gasteiger partial charge on any atom is -0.479 e. The van der Waals surface area contributed by atoms with Crippen molar-refractivity contribution in [3.8, 4) is 17.0 Å². The van der Waals surface area contributed by atoms with Gasteiger partial charge in [-0.1, -0.05) is 11.6 Å². The number of sulfone groups is 1. The van der Waals surface area contributed by atoms with Crippen molar-refractivity contribution in [2.45, 2.75) is 23.9 Å². The molecule has 0 saturated heterocycles. The summed E-state index contributed by atoms with van der Waals surface area (Å²) < 4.78 is 43.0. The number of hydrogen-bond donors (Lipinski definition) is 2. The fraction of sp³-hybridized carbons (Fsp3) is 0.286. The summed E-state index contributed by atoms with van der Waals surface area (Å²) in [7, 11) is -3.65. The van der Waals surface area contributed by atoms with Crippen LogP contribution in [0.15, 0.2) is 17.2 Å². The molecule has 0 aliphatic heterocycles. The average Bonchev–Trinajstić information content (AvgIpc) is 2.93. The van der Waals surface area contributed by atoms with E-state index in [-0.39, 0.29) is 38.5 Å². The van der Waals surface area contributed by atoms with E-state index in [1.165, 1.54) is 6.92 Å². The number of rotatable bonds is 6. The quantitative estimate of drug-likeness (QED) is 0.708. The molecule has 0 bridgehead atoms. The Bertz CT molecular complexity index is 930. The zero-order valence-electron chi connectivity index (χ0n) is 13.0. The normalized spacial score (nSPS) is 12.8. The number of aliphatic carboxylic acids is 1. The highest BCUT2D eigenvalue weighted by Gasteiger charge is 2.24. The van der Waals surface area contributed by atoms with Crippen molar-refractivity contribution in [3.63, 3.8) is 0 Å². The Morgan fingerprint density at radius 1 is 1.48 bits per heavy atom. The number of nitrogens with zero attached hydrogens (tertiary/aromatic N) is 1. The molecular weight excluding hydrogens is 398 g/mol. The number of carboxylic acid groups (broad SMARTS) is 1. The van der Waals surface area contributed by atoms with Crippen LogP contribution in [0.4, 0.5) is 4.39 Å². The maximum absolute atomic E-state index is 14.3. The number of aromatic amines is 1. The zero-order valence-corrected chi connectivity index (χ0v) is 15.3. The molecule has 0 fully saturated rings. The van der Waals surface area contributed by atoms with Crippen molar-refractivity contribution >= 4 is 39.0 Å². The molecule has 2 aromatic rings. The first-order chi connectivity index (χ1) is 11.6. The van der Waals surface area contributed by atoms with Gasteiger partial charge in [0.05, 0.1) is 10.9 Å². The predicted octanol–water partition coefficient (Wildman–Crippen LogP) is 2.86. The lowest BCUT2D eigenvalue weighted by Gasteiger charge is -2.13. The fourth-order valence-electron chi connectivity index (χ4n) is 2.04. The first-order valence-electron chi connectivity index (χ1n) is 6.78. The molecule has 7 nitrogen and oxygen atoms in total. The standard InChI is InChI=1S/C14H13Cl2FN2O5S/c1-6(14(20)21)24-11-3-7(10(17)4-9(11)16)12-8(5-15)13(19-18-12)25(2,22)23/h3-4,6H,5H2,1-2H3,(H,18,19)(H,20,21). The van der Waals surface area contributed by atoms with Gasteiger partial charge in [-0.15, -0.1) is 11.6 Å². The maximum Gasteiger partial charge on any atom is 0.344 e. The minimum absolute atomic E-state index is 0.0302. The largest absolute Gasteiger partial charge is 0.479 e. The molecule has 1 aromatic carbocycles. The Balaban J connectivity index is 2.60. The molecule has 1 heterocycles. The van der Waals surface area contributed by atoms with Crippen LogP contribution in [0.2, 0.25) is 5.02 Å².